The van der Waals surface area contributed by atoms with Crippen molar-refractivity contribution in [2.45, 2.75) is 165 Å². The van der Waals surface area contributed by atoms with Crippen LogP contribution in [-0.2, 0) is 70.5 Å². The van der Waals surface area contributed by atoms with E-state index in [0.29, 0.717) is 47.9 Å². The van der Waals surface area contributed by atoms with Crippen LogP contribution in [0.2, 0.25) is 0 Å². The highest BCUT2D eigenvalue weighted by molar-refractivity contribution is 5.93. The Morgan fingerprint density at radius 2 is 0.761 bits per heavy atom. The van der Waals surface area contributed by atoms with E-state index < -0.39 is 0 Å². The first kappa shape index (κ1) is 62.1. The molecule has 0 bridgehead atoms. The zero-order valence-corrected chi connectivity index (χ0v) is 52.5. The number of anilines is 4. The Labute approximate surface area is 517 Å². The third-order valence-corrected chi connectivity index (χ3v) is 17.1. The van der Waals surface area contributed by atoms with Crippen molar-refractivity contribution >= 4 is 46.9 Å². The van der Waals surface area contributed by atoms with E-state index in [1.165, 1.54) is 78.0 Å². The zero-order valence-electron chi connectivity index (χ0n) is 52.5. The summed E-state index contributed by atoms with van der Waals surface area (Å²) in [6.45, 7) is 17.1. The Kier molecular flexibility index (Phi) is 20.0. The first-order valence-electron chi connectivity index (χ1n) is 31.5. The van der Waals surface area contributed by atoms with Crippen molar-refractivity contribution in [3.8, 4) is 45.0 Å². The van der Waals surface area contributed by atoms with Gasteiger partial charge in [-0.3, -0.25) is 19.2 Å². The summed E-state index contributed by atoms with van der Waals surface area (Å²) in [5.41, 5.74) is 20.8. The van der Waals surface area contributed by atoms with E-state index in [1.807, 2.05) is 79.7 Å². The van der Waals surface area contributed by atoms with Gasteiger partial charge in [0.2, 0.25) is 23.6 Å². The average molecular weight is 1180 g/mol. The summed E-state index contributed by atoms with van der Waals surface area (Å²) in [5, 5.41) is 11.6. The van der Waals surface area contributed by atoms with Gasteiger partial charge in [0, 0.05) is 47.9 Å². The minimum absolute atomic E-state index is 0.00330. The third-order valence-electron chi connectivity index (χ3n) is 17.1. The standard InChI is InChI=1S/C21H25N3O.2C18H21N3O.C15H15N3O/c1-14-21(24-19(25)13-15-7-3-2-4-8-15)23-18-12-11-16-9-5-6-10-17(16)20(18)22-14;1-11(2)10-16(22)21-18-12(3)19-17-14-7-5-4-6-13(14)8-9-15(17)20-18;1-4-11(2)18(22)21-17-12(3)19-16-14-8-6-5-7-13(14)9-10-15(16)20-17;1-9-15(17-10(2)19)18-13-8-7-11-5-3-4-6-12(11)14(13)16-9/h5-6,9-10,15H,2-4,7-8,11-13H2,1H3,(H,23,24,25);4-7,11H,8-10H2,1-3H3,(H,20,21,22);5-8,11H,4,9-10H2,1-3H3,(H,20,21,22);3-6H,7-8H2,1-2H3,(H,17,18,19). The predicted octanol–water partition coefficient (Wildman–Crippen LogP) is 14.0. The normalized spacial score (nSPS) is 14.2. The number of benzene rings is 4. The van der Waals surface area contributed by atoms with Crippen LogP contribution in [0.5, 0.6) is 0 Å². The summed E-state index contributed by atoms with van der Waals surface area (Å²) in [5.74, 6) is 3.24. The number of hydrogen-bond donors (Lipinski definition) is 4. The van der Waals surface area contributed by atoms with Gasteiger partial charge >= 0.3 is 0 Å². The van der Waals surface area contributed by atoms with Crippen molar-refractivity contribution in [2.75, 3.05) is 21.3 Å². The number of aryl methyl sites for hydroxylation is 12. The molecule has 16 heteroatoms. The summed E-state index contributed by atoms with van der Waals surface area (Å²) in [6.07, 6.45) is 15.5. The van der Waals surface area contributed by atoms with E-state index in [1.54, 1.807) is 0 Å². The highest BCUT2D eigenvalue weighted by Crippen LogP contribution is 2.37. The molecule has 4 amide bonds. The van der Waals surface area contributed by atoms with Crippen molar-refractivity contribution in [3.05, 3.63) is 165 Å². The molecule has 454 valence electrons. The van der Waals surface area contributed by atoms with E-state index in [2.05, 4.69) is 114 Å². The van der Waals surface area contributed by atoms with E-state index >= 15 is 0 Å². The molecule has 4 aromatic heterocycles. The van der Waals surface area contributed by atoms with Crippen LogP contribution >= 0.6 is 0 Å². The van der Waals surface area contributed by atoms with Gasteiger partial charge in [-0.15, -0.1) is 0 Å². The highest BCUT2D eigenvalue weighted by Gasteiger charge is 2.26. The summed E-state index contributed by atoms with van der Waals surface area (Å²) in [7, 11) is 0. The van der Waals surface area contributed by atoms with Crippen LogP contribution in [0.15, 0.2) is 97.1 Å². The van der Waals surface area contributed by atoms with Gasteiger partial charge in [0.05, 0.1) is 68.3 Å². The summed E-state index contributed by atoms with van der Waals surface area (Å²) >= 11 is 0. The summed E-state index contributed by atoms with van der Waals surface area (Å²) in [6, 6.07) is 33.4. The van der Waals surface area contributed by atoms with E-state index in [9.17, 15) is 19.2 Å². The van der Waals surface area contributed by atoms with Crippen molar-refractivity contribution < 1.29 is 19.2 Å². The second-order valence-corrected chi connectivity index (χ2v) is 24.3. The maximum absolute atomic E-state index is 12.4. The zero-order chi connectivity index (χ0) is 62.0. The van der Waals surface area contributed by atoms with Crippen LogP contribution in [0.1, 0.15) is 154 Å². The number of hydrogen-bond acceptors (Lipinski definition) is 12. The second kappa shape index (κ2) is 28.3. The van der Waals surface area contributed by atoms with Crippen LogP contribution in [0.4, 0.5) is 23.3 Å². The van der Waals surface area contributed by atoms with E-state index in [4.69, 9.17) is 19.9 Å². The van der Waals surface area contributed by atoms with Gasteiger partial charge in [-0.05, 0) is 132 Å². The lowest BCUT2D eigenvalue weighted by molar-refractivity contribution is -0.119. The SMILES string of the molecule is CC(=O)Nc1nc2c(nc1C)-c1ccccc1CC2.CCC(C)C(=O)Nc1nc2c(nc1C)-c1ccccc1CC2.Cc1nc2c(nc1NC(=O)CC(C)C)CCc1ccccc1-2.Cc1nc2c(nc1NC(=O)CC1CCCCC1)CCc1ccccc1-2. The fourth-order valence-electron chi connectivity index (χ4n) is 12.1. The lowest BCUT2D eigenvalue weighted by Gasteiger charge is -2.22. The lowest BCUT2D eigenvalue weighted by Crippen LogP contribution is -2.22. The maximum Gasteiger partial charge on any atom is 0.228 e. The molecule has 0 spiro atoms. The molecule has 0 saturated heterocycles. The number of aromatic nitrogens is 8. The Balaban J connectivity index is 0.000000130. The van der Waals surface area contributed by atoms with Crippen LogP contribution in [0.3, 0.4) is 0 Å². The predicted molar refractivity (Wildman–Crippen MR) is 349 cm³/mol. The number of fused-ring (bicyclic) bond motifs is 12. The van der Waals surface area contributed by atoms with Gasteiger partial charge in [-0.2, -0.15) is 0 Å². The molecule has 4 heterocycles. The molecule has 88 heavy (non-hydrogen) atoms. The second-order valence-electron chi connectivity index (χ2n) is 24.3. The number of nitrogens with one attached hydrogen (secondary N) is 4. The molecule has 8 aromatic rings. The molecule has 1 atom stereocenters. The Hall–Kier alpha value is -8.92. The van der Waals surface area contributed by atoms with E-state index in [0.717, 1.165) is 132 Å². The van der Waals surface area contributed by atoms with Crippen molar-refractivity contribution in [2.24, 2.45) is 17.8 Å². The number of nitrogens with zero attached hydrogens (tertiary/aromatic N) is 8. The van der Waals surface area contributed by atoms with Crippen molar-refractivity contribution in [3.63, 3.8) is 0 Å². The van der Waals surface area contributed by atoms with Gasteiger partial charge < -0.3 is 21.3 Å². The van der Waals surface area contributed by atoms with Crippen molar-refractivity contribution in [1.82, 2.24) is 39.9 Å². The fraction of sp³-hybridized carbons (Fsp3) is 0.389. The average Bonchev–Trinajstić information content (AvgIpc) is 0.994. The lowest BCUT2D eigenvalue weighted by atomic mass is 9.87. The molecule has 0 aliphatic heterocycles. The van der Waals surface area contributed by atoms with Gasteiger partial charge in [0.25, 0.3) is 0 Å². The Morgan fingerprint density at radius 3 is 1.10 bits per heavy atom. The topological polar surface area (TPSA) is 220 Å². The molecule has 5 aliphatic rings. The molecule has 16 nitrogen and oxygen atoms in total. The summed E-state index contributed by atoms with van der Waals surface area (Å²) < 4.78 is 0. The first-order valence-corrected chi connectivity index (χ1v) is 31.5. The number of carbonyl (C=O) groups is 4. The van der Waals surface area contributed by atoms with Gasteiger partial charge in [-0.25, -0.2) is 39.9 Å². The maximum atomic E-state index is 12.4. The number of carbonyl (C=O) groups excluding carboxylic acids is 4. The van der Waals surface area contributed by atoms with Crippen LogP contribution in [0, 0.1) is 45.4 Å². The molecule has 1 saturated carbocycles. The largest absolute Gasteiger partial charge is 0.309 e. The molecule has 1 unspecified atom stereocenters. The van der Waals surface area contributed by atoms with Gasteiger partial charge in [-0.1, -0.05) is 144 Å². The fourth-order valence-corrected chi connectivity index (χ4v) is 12.1. The molecule has 4 N–H and O–H groups in total. The molecular formula is C72H82N12O4. The van der Waals surface area contributed by atoms with Gasteiger partial charge in [0.15, 0.2) is 23.3 Å². The van der Waals surface area contributed by atoms with Crippen molar-refractivity contribution in [1.29, 1.82) is 0 Å². The minimum atomic E-state index is -0.117. The van der Waals surface area contributed by atoms with Crippen LogP contribution in [0.25, 0.3) is 45.0 Å². The minimum Gasteiger partial charge on any atom is -0.309 e. The number of rotatable bonds is 10. The van der Waals surface area contributed by atoms with Gasteiger partial charge in [0.1, 0.15) is 0 Å². The third kappa shape index (κ3) is 14.9. The van der Waals surface area contributed by atoms with E-state index in [-0.39, 0.29) is 29.5 Å². The number of amides is 4. The van der Waals surface area contributed by atoms with Crippen LogP contribution in [-0.4, -0.2) is 63.5 Å². The molecule has 5 aliphatic carbocycles. The molecule has 4 aromatic carbocycles. The molecule has 1 fully saturated rings. The smallest absolute Gasteiger partial charge is 0.228 e. The van der Waals surface area contributed by atoms with Crippen LogP contribution < -0.4 is 21.3 Å². The quantitative estimate of drug-likeness (QED) is 0.100. The highest BCUT2D eigenvalue weighted by atomic mass is 16.2. The monoisotopic (exact) mass is 1180 g/mol. The molecule has 13 rings (SSSR count). The molecule has 0 radical (unpaired) electrons. The Morgan fingerprint density at radius 1 is 0.432 bits per heavy atom. The Bertz CT molecular complexity index is 3910. The first-order chi connectivity index (χ1) is 42.5. The summed E-state index contributed by atoms with van der Waals surface area (Å²) in [4.78, 5) is 85.1. The molecular weight excluding hydrogens is 1100 g/mol.